The van der Waals surface area contributed by atoms with Gasteiger partial charge in [0.25, 0.3) is 5.56 Å². The van der Waals surface area contributed by atoms with E-state index in [2.05, 4.69) is 5.10 Å². The van der Waals surface area contributed by atoms with Gasteiger partial charge in [-0.05, 0) is 30.4 Å². The van der Waals surface area contributed by atoms with E-state index in [9.17, 15) is 9.59 Å². The number of hydrogen-bond donors (Lipinski definition) is 0. The van der Waals surface area contributed by atoms with Gasteiger partial charge in [-0.1, -0.05) is 36.4 Å². The van der Waals surface area contributed by atoms with E-state index in [1.54, 1.807) is 22.3 Å². The van der Waals surface area contributed by atoms with E-state index in [4.69, 9.17) is 4.74 Å². The maximum absolute atomic E-state index is 13.1. The Labute approximate surface area is 173 Å². The largest absolute Gasteiger partial charge is 0.376 e. The molecule has 0 saturated carbocycles. The Balaban J connectivity index is 1.54. The molecular formula is C22H23N3O3S. The molecule has 1 amide bonds. The summed E-state index contributed by atoms with van der Waals surface area (Å²) < 4.78 is 6.98. The summed E-state index contributed by atoms with van der Waals surface area (Å²) in [7, 11) is 0. The topological polar surface area (TPSA) is 64.4 Å². The molecule has 6 nitrogen and oxygen atoms in total. The lowest BCUT2D eigenvalue weighted by Gasteiger charge is -2.25. The molecule has 1 unspecified atom stereocenters. The van der Waals surface area contributed by atoms with E-state index < -0.39 is 0 Å². The monoisotopic (exact) mass is 409 g/mol. The predicted octanol–water partition coefficient (Wildman–Crippen LogP) is 3.18. The van der Waals surface area contributed by atoms with Gasteiger partial charge in [0, 0.05) is 29.7 Å². The summed E-state index contributed by atoms with van der Waals surface area (Å²) in [5.41, 5.74) is 1.29. The number of nitrogens with zero attached hydrogens (tertiary/aromatic N) is 3. The lowest BCUT2D eigenvalue weighted by Crippen LogP contribution is -2.40. The van der Waals surface area contributed by atoms with E-state index >= 15 is 0 Å². The maximum Gasteiger partial charge on any atom is 0.267 e. The molecule has 29 heavy (non-hydrogen) atoms. The molecule has 150 valence electrons. The van der Waals surface area contributed by atoms with Crippen molar-refractivity contribution in [3.8, 4) is 11.3 Å². The second-order valence-electron chi connectivity index (χ2n) is 7.07. The molecule has 1 atom stereocenters. The molecule has 1 aromatic carbocycles. The van der Waals surface area contributed by atoms with Gasteiger partial charge >= 0.3 is 0 Å². The smallest absolute Gasteiger partial charge is 0.267 e. The highest BCUT2D eigenvalue weighted by atomic mass is 32.1. The number of rotatable bonds is 7. The third-order valence-electron chi connectivity index (χ3n) is 4.95. The summed E-state index contributed by atoms with van der Waals surface area (Å²) in [5, 5.41) is 6.42. The highest BCUT2D eigenvalue weighted by Crippen LogP contribution is 2.18. The maximum atomic E-state index is 13.1. The summed E-state index contributed by atoms with van der Waals surface area (Å²) in [6.45, 7) is 1.71. The van der Waals surface area contributed by atoms with Crippen molar-refractivity contribution in [1.29, 1.82) is 0 Å². The van der Waals surface area contributed by atoms with Crippen LogP contribution in [0.4, 0.5) is 0 Å². The Kier molecular flexibility index (Phi) is 6.17. The van der Waals surface area contributed by atoms with Crippen LogP contribution >= 0.6 is 11.3 Å². The number of amides is 1. The van der Waals surface area contributed by atoms with Crippen molar-refractivity contribution in [3.63, 3.8) is 0 Å². The van der Waals surface area contributed by atoms with Gasteiger partial charge in [0.1, 0.15) is 6.54 Å². The molecule has 0 spiro atoms. The Morgan fingerprint density at radius 3 is 2.76 bits per heavy atom. The predicted molar refractivity (Wildman–Crippen MR) is 113 cm³/mol. The van der Waals surface area contributed by atoms with Crippen LogP contribution in [0.5, 0.6) is 0 Å². The van der Waals surface area contributed by atoms with Crippen LogP contribution < -0.4 is 5.56 Å². The summed E-state index contributed by atoms with van der Waals surface area (Å²) >= 11 is 1.62. The van der Waals surface area contributed by atoms with Crippen molar-refractivity contribution in [1.82, 2.24) is 14.7 Å². The van der Waals surface area contributed by atoms with E-state index in [0.29, 0.717) is 18.8 Å². The van der Waals surface area contributed by atoms with Crippen LogP contribution in [-0.2, 0) is 22.6 Å². The van der Waals surface area contributed by atoms with Crippen LogP contribution in [0, 0.1) is 0 Å². The first-order valence-electron chi connectivity index (χ1n) is 9.74. The zero-order chi connectivity index (χ0) is 20.1. The van der Waals surface area contributed by atoms with Crippen LogP contribution in [0.1, 0.15) is 17.7 Å². The first kappa shape index (κ1) is 19.5. The van der Waals surface area contributed by atoms with Crippen LogP contribution in [-0.4, -0.2) is 39.8 Å². The first-order chi connectivity index (χ1) is 14.2. The van der Waals surface area contributed by atoms with Gasteiger partial charge in [0.15, 0.2) is 0 Å². The van der Waals surface area contributed by atoms with Crippen molar-refractivity contribution in [3.05, 3.63) is 75.2 Å². The molecule has 0 N–H and O–H groups in total. The normalized spacial score (nSPS) is 16.1. The van der Waals surface area contributed by atoms with Gasteiger partial charge in [-0.15, -0.1) is 11.3 Å². The summed E-state index contributed by atoms with van der Waals surface area (Å²) in [5.74, 6) is -0.131. The number of aromatic nitrogens is 2. The van der Waals surface area contributed by atoms with Crippen molar-refractivity contribution in [2.24, 2.45) is 0 Å². The van der Waals surface area contributed by atoms with Crippen molar-refractivity contribution in [2.75, 3.05) is 13.2 Å². The lowest BCUT2D eigenvalue weighted by molar-refractivity contribution is -0.134. The lowest BCUT2D eigenvalue weighted by atomic mass is 10.1. The fourth-order valence-corrected chi connectivity index (χ4v) is 4.15. The quantitative estimate of drug-likeness (QED) is 0.601. The molecule has 3 aromatic rings. The Hall–Kier alpha value is -2.77. The number of thiophene rings is 1. The fourth-order valence-electron chi connectivity index (χ4n) is 3.43. The first-order valence-corrected chi connectivity index (χ1v) is 10.6. The third-order valence-corrected chi connectivity index (χ3v) is 5.81. The number of ether oxygens (including phenoxy) is 1. The van der Waals surface area contributed by atoms with Crippen LogP contribution in [0.2, 0.25) is 0 Å². The second-order valence-corrected chi connectivity index (χ2v) is 8.10. The van der Waals surface area contributed by atoms with Crippen LogP contribution in [0.25, 0.3) is 11.3 Å². The molecule has 3 heterocycles. The average molecular weight is 410 g/mol. The summed E-state index contributed by atoms with van der Waals surface area (Å²) in [4.78, 5) is 28.3. The van der Waals surface area contributed by atoms with Gasteiger partial charge in [0.2, 0.25) is 5.91 Å². The standard InChI is InChI=1S/C22H23N3O3S/c26-21-11-10-20(17-6-2-1-3-7-17)23-25(21)16-22(27)24(14-18-8-4-12-28-18)15-19-9-5-13-29-19/h1-3,5-7,9-11,13,18H,4,8,12,14-16H2. The second kappa shape index (κ2) is 9.15. The van der Waals surface area contributed by atoms with E-state index in [0.717, 1.165) is 29.9 Å². The molecule has 1 aliphatic heterocycles. The van der Waals surface area contributed by atoms with E-state index in [1.807, 2.05) is 47.8 Å². The minimum atomic E-state index is -0.286. The zero-order valence-corrected chi connectivity index (χ0v) is 16.9. The SMILES string of the molecule is O=C(Cn1nc(-c2ccccc2)ccc1=O)N(Cc1cccs1)CC1CCCO1. The molecule has 7 heteroatoms. The molecule has 1 saturated heterocycles. The molecule has 0 aliphatic carbocycles. The molecule has 2 aromatic heterocycles. The number of benzene rings is 1. The Bertz CT molecular complexity index is 996. The number of carbonyl (C=O) groups is 1. The van der Waals surface area contributed by atoms with E-state index in [1.165, 1.54) is 10.7 Å². The highest BCUT2D eigenvalue weighted by molar-refractivity contribution is 7.09. The van der Waals surface area contributed by atoms with Crippen LogP contribution in [0.15, 0.2) is 64.8 Å². The molecule has 4 rings (SSSR count). The molecule has 1 fully saturated rings. The van der Waals surface area contributed by atoms with Gasteiger partial charge in [-0.3, -0.25) is 9.59 Å². The van der Waals surface area contributed by atoms with E-state index in [-0.39, 0.29) is 24.1 Å². The van der Waals surface area contributed by atoms with Crippen molar-refractivity contribution in [2.45, 2.75) is 32.0 Å². The summed E-state index contributed by atoms with van der Waals surface area (Å²) in [6, 6.07) is 16.8. The Morgan fingerprint density at radius 2 is 2.03 bits per heavy atom. The molecule has 1 aliphatic rings. The van der Waals surface area contributed by atoms with Gasteiger partial charge < -0.3 is 9.64 Å². The Morgan fingerprint density at radius 1 is 1.17 bits per heavy atom. The van der Waals surface area contributed by atoms with Crippen molar-refractivity contribution >= 4 is 17.2 Å². The third kappa shape index (κ3) is 4.99. The average Bonchev–Trinajstić information content (AvgIpc) is 3.44. The molecular weight excluding hydrogens is 386 g/mol. The highest BCUT2D eigenvalue weighted by Gasteiger charge is 2.23. The van der Waals surface area contributed by atoms with Crippen LogP contribution in [0.3, 0.4) is 0 Å². The number of hydrogen-bond acceptors (Lipinski definition) is 5. The molecule has 0 bridgehead atoms. The summed E-state index contributed by atoms with van der Waals surface area (Å²) in [6.07, 6.45) is 2.03. The minimum absolute atomic E-state index is 0.0549. The molecule has 0 radical (unpaired) electrons. The van der Waals surface area contributed by atoms with Crippen molar-refractivity contribution < 1.29 is 9.53 Å². The number of carbonyl (C=O) groups excluding carboxylic acids is 1. The van der Waals surface area contributed by atoms with Gasteiger partial charge in [-0.25, -0.2) is 4.68 Å². The fraction of sp³-hybridized carbons (Fsp3) is 0.318. The zero-order valence-electron chi connectivity index (χ0n) is 16.1. The van der Waals surface area contributed by atoms with Gasteiger partial charge in [-0.2, -0.15) is 5.10 Å². The minimum Gasteiger partial charge on any atom is -0.376 e. The van der Waals surface area contributed by atoms with Gasteiger partial charge in [0.05, 0.1) is 18.3 Å².